The topological polar surface area (TPSA) is 57.4 Å². The van der Waals surface area contributed by atoms with Gasteiger partial charge in [0.15, 0.2) is 5.82 Å². The normalized spacial score (nSPS) is 41.0. The lowest BCUT2D eigenvalue weighted by atomic mass is 9.93. The Morgan fingerprint density at radius 3 is 2.80 bits per heavy atom. The van der Waals surface area contributed by atoms with Crippen LogP contribution in [0.2, 0.25) is 0 Å². The number of nitrogens with zero attached hydrogens (tertiary/aromatic N) is 4. The predicted octanol–water partition coefficient (Wildman–Crippen LogP) is 0.802. The Hall–Kier alpha value is -0.980. The van der Waals surface area contributed by atoms with Crippen LogP contribution < -0.4 is 5.32 Å². The first kappa shape index (κ1) is 12.7. The number of fused-ring (bicyclic) bond motifs is 3. The number of nitrogens with one attached hydrogen (secondary N) is 1. The van der Waals surface area contributed by atoms with Crippen LogP contribution in [-0.4, -0.2) is 59.2 Å². The minimum atomic E-state index is 0.237. The van der Waals surface area contributed by atoms with Crippen molar-refractivity contribution in [1.82, 2.24) is 25.3 Å². The molecule has 6 nitrogen and oxygen atoms in total. The van der Waals surface area contributed by atoms with Crippen LogP contribution in [0.25, 0.3) is 0 Å². The van der Waals surface area contributed by atoms with Crippen LogP contribution in [0.5, 0.6) is 0 Å². The maximum Gasteiger partial charge on any atom is 0.244 e. The maximum absolute atomic E-state index is 5.57. The van der Waals surface area contributed by atoms with Crippen molar-refractivity contribution < 1.29 is 4.52 Å². The summed E-state index contributed by atoms with van der Waals surface area (Å²) in [6.07, 6.45) is 2.47. The van der Waals surface area contributed by atoms with Crippen molar-refractivity contribution in [3.05, 3.63) is 11.7 Å². The number of hydrogen-bond acceptors (Lipinski definition) is 6. The molecular formula is C14H23N5O. The van der Waals surface area contributed by atoms with E-state index in [1.54, 1.807) is 0 Å². The van der Waals surface area contributed by atoms with Gasteiger partial charge in [-0.15, -0.1) is 0 Å². The third-order valence-electron chi connectivity index (χ3n) is 5.07. The van der Waals surface area contributed by atoms with Gasteiger partial charge in [-0.25, -0.2) is 0 Å². The number of aromatic nitrogens is 2. The first-order valence-corrected chi connectivity index (χ1v) is 7.84. The molecule has 0 spiro atoms. The molecule has 1 N–H and O–H groups in total. The van der Waals surface area contributed by atoms with E-state index in [1.807, 2.05) is 0 Å². The van der Waals surface area contributed by atoms with E-state index < -0.39 is 0 Å². The second-order valence-electron chi connectivity index (χ2n) is 6.39. The molecule has 4 saturated heterocycles. The average Bonchev–Trinajstić information content (AvgIpc) is 2.98. The highest BCUT2D eigenvalue weighted by atomic mass is 16.5. The molecule has 0 amide bonds. The number of piperidine rings is 1. The van der Waals surface area contributed by atoms with Gasteiger partial charge in [0.05, 0.1) is 12.1 Å². The lowest BCUT2D eigenvalue weighted by molar-refractivity contribution is 0.00781. The van der Waals surface area contributed by atoms with Crippen molar-refractivity contribution in [3.63, 3.8) is 0 Å². The molecule has 110 valence electrons. The maximum atomic E-state index is 5.57. The molecule has 0 aromatic carbocycles. The summed E-state index contributed by atoms with van der Waals surface area (Å²) in [4.78, 5) is 9.71. The minimum absolute atomic E-state index is 0.237. The van der Waals surface area contributed by atoms with Crippen molar-refractivity contribution in [2.24, 2.45) is 5.92 Å². The minimum Gasteiger partial charge on any atom is -0.338 e. The lowest BCUT2D eigenvalue weighted by Crippen LogP contribution is -2.57. The Morgan fingerprint density at radius 2 is 2.10 bits per heavy atom. The van der Waals surface area contributed by atoms with E-state index >= 15 is 0 Å². The molecule has 3 atom stereocenters. The van der Waals surface area contributed by atoms with Gasteiger partial charge >= 0.3 is 0 Å². The average molecular weight is 277 g/mol. The summed E-state index contributed by atoms with van der Waals surface area (Å²) in [6, 6.07) is 0.565. The van der Waals surface area contributed by atoms with Gasteiger partial charge in [0.2, 0.25) is 5.89 Å². The predicted molar refractivity (Wildman–Crippen MR) is 74.2 cm³/mol. The van der Waals surface area contributed by atoms with Gasteiger partial charge in [-0.05, 0) is 25.3 Å². The molecule has 0 radical (unpaired) electrons. The summed E-state index contributed by atoms with van der Waals surface area (Å²) in [5.41, 5.74) is 0. The highest BCUT2D eigenvalue weighted by Crippen LogP contribution is 2.31. The fourth-order valence-corrected chi connectivity index (χ4v) is 3.75. The molecule has 1 aromatic rings. The first-order valence-electron chi connectivity index (χ1n) is 7.84. The zero-order chi connectivity index (χ0) is 13.5. The van der Waals surface area contributed by atoms with Gasteiger partial charge in [-0.3, -0.25) is 9.80 Å². The molecule has 0 saturated carbocycles. The van der Waals surface area contributed by atoms with Crippen LogP contribution in [0, 0.1) is 5.92 Å². The van der Waals surface area contributed by atoms with Crippen molar-refractivity contribution in [3.8, 4) is 0 Å². The van der Waals surface area contributed by atoms with Crippen LogP contribution in [0.1, 0.15) is 43.6 Å². The molecule has 6 heteroatoms. The van der Waals surface area contributed by atoms with Crippen LogP contribution in [0.3, 0.4) is 0 Å². The van der Waals surface area contributed by atoms with Crippen LogP contribution >= 0.6 is 0 Å². The quantitative estimate of drug-likeness (QED) is 0.863. The van der Waals surface area contributed by atoms with Crippen LogP contribution in [0.4, 0.5) is 0 Å². The molecule has 5 heterocycles. The Bertz CT molecular complexity index is 468. The number of hydrogen-bond donors (Lipinski definition) is 1. The third kappa shape index (κ3) is 2.16. The fourth-order valence-electron chi connectivity index (χ4n) is 3.75. The Labute approximate surface area is 119 Å². The summed E-state index contributed by atoms with van der Waals surface area (Å²) >= 11 is 0. The molecule has 4 fully saturated rings. The molecule has 20 heavy (non-hydrogen) atoms. The van der Waals surface area contributed by atoms with Gasteiger partial charge in [-0.2, -0.15) is 4.98 Å². The molecule has 0 aliphatic carbocycles. The molecule has 2 bridgehead atoms. The van der Waals surface area contributed by atoms with Crippen LogP contribution in [-0.2, 0) is 0 Å². The van der Waals surface area contributed by atoms with E-state index in [0.29, 0.717) is 12.0 Å². The highest BCUT2D eigenvalue weighted by molar-refractivity contribution is 5.04. The highest BCUT2D eigenvalue weighted by Gasteiger charge is 2.36. The lowest BCUT2D eigenvalue weighted by Gasteiger charge is -2.46. The largest absolute Gasteiger partial charge is 0.338 e. The summed E-state index contributed by atoms with van der Waals surface area (Å²) in [7, 11) is 0. The monoisotopic (exact) mass is 277 g/mol. The smallest absolute Gasteiger partial charge is 0.244 e. The summed E-state index contributed by atoms with van der Waals surface area (Å²) in [5.74, 6) is 2.23. The van der Waals surface area contributed by atoms with E-state index in [2.05, 4.69) is 27.2 Å². The summed E-state index contributed by atoms with van der Waals surface area (Å²) in [5, 5.41) is 7.79. The molecule has 1 aromatic heterocycles. The number of rotatable bonds is 2. The molecular weight excluding hydrogens is 254 g/mol. The van der Waals surface area contributed by atoms with Gasteiger partial charge < -0.3 is 9.84 Å². The molecule has 4 aliphatic heterocycles. The van der Waals surface area contributed by atoms with Crippen LogP contribution in [0.15, 0.2) is 4.52 Å². The Morgan fingerprint density at radius 1 is 1.25 bits per heavy atom. The van der Waals surface area contributed by atoms with Gasteiger partial charge in [0.25, 0.3) is 0 Å². The Kier molecular flexibility index (Phi) is 3.24. The van der Waals surface area contributed by atoms with Gasteiger partial charge in [0.1, 0.15) is 0 Å². The second kappa shape index (κ2) is 5.09. The van der Waals surface area contributed by atoms with Gasteiger partial charge in [-0.1, -0.05) is 12.1 Å². The van der Waals surface area contributed by atoms with E-state index in [9.17, 15) is 0 Å². The first-order chi connectivity index (χ1) is 9.81. The summed E-state index contributed by atoms with van der Waals surface area (Å²) < 4.78 is 5.57. The third-order valence-corrected chi connectivity index (χ3v) is 5.07. The van der Waals surface area contributed by atoms with E-state index in [4.69, 9.17) is 9.51 Å². The number of piperazine rings is 3. The molecule has 4 aliphatic rings. The van der Waals surface area contributed by atoms with Crippen molar-refractivity contribution >= 4 is 0 Å². The van der Waals surface area contributed by atoms with Crippen molar-refractivity contribution in [1.29, 1.82) is 0 Å². The fraction of sp³-hybridized carbons (Fsp3) is 0.857. The Balaban J connectivity index is 1.53. The van der Waals surface area contributed by atoms with Crippen molar-refractivity contribution in [2.75, 3.05) is 39.3 Å². The summed E-state index contributed by atoms with van der Waals surface area (Å²) in [6.45, 7) is 8.99. The molecule has 5 rings (SSSR count). The zero-order valence-electron chi connectivity index (χ0n) is 12.1. The van der Waals surface area contributed by atoms with Crippen molar-refractivity contribution in [2.45, 2.75) is 31.8 Å². The van der Waals surface area contributed by atoms with Gasteiger partial charge in [0, 0.05) is 32.7 Å². The van der Waals surface area contributed by atoms with E-state index in [-0.39, 0.29) is 6.04 Å². The van der Waals surface area contributed by atoms with E-state index in [1.165, 1.54) is 25.9 Å². The standard InChI is InChI=1S/C14H23N5O/c1-10-3-2-4-15-12(10)14-16-13(17-20-14)11-9-18-5-7-19(11)8-6-18/h10-12,15H,2-9H2,1H3. The second-order valence-corrected chi connectivity index (χ2v) is 6.39. The molecule has 3 unspecified atom stereocenters. The SMILES string of the molecule is CC1CCCNC1c1nc(C2CN3CCN2CC3)no1. The zero-order valence-corrected chi connectivity index (χ0v) is 12.1. The van der Waals surface area contributed by atoms with E-state index in [0.717, 1.165) is 37.9 Å².